The first-order valence-electron chi connectivity index (χ1n) is 5.21. The van der Waals surface area contributed by atoms with E-state index in [0.29, 0.717) is 18.0 Å². The lowest BCUT2D eigenvalue weighted by molar-refractivity contribution is 0.479. The predicted octanol–water partition coefficient (Wildman–Crippen LogP) is 4.49. The van der Waals surface area contributed by atoms with Gasteiger partial charge < -0.3 is 10.5 Å². The van der Waals surface area contributed by atoms with Gasteiger partial charge in [0.2, 0.25) is 0 Å². The predicted molar refractivity (Wildman–Crippen MR) is 73.5 cm³/mol. The average molecular weight is 331 g/mol. The number of halogens is 3. The molecule has 0 atom stereocenters. The molecule has 0 amide bonds. The molecule has 0 bridgehead atoms. The molecule has 2 N–H and O–H groups in total. The highest BCUT2D eigenvalue weighted by Crippen LogP contribution is 2.28. The van der Waals surface area contributed by atoms with Gasteiger partial charge in [-0.1, -0.05) is 27.5 Å². The van der Waals surface area contributed by atoms with Gasteiger partial charge in [-0.05, 0) is 35.9 Å². The molecule has 18 heavy (non-hydrogen) atoms. The number of hydrogen-bond donors (Lipinski definition) is 1. The van der Waals surface area contributed by atoms with Gasteiger partial charge in [0, 0.05) is 17.1 Å². The van der Waals surface area contributed by atoms with Crippen LogP contribution < -0.4 is 10.5 Å². The molecule has 0 radical (unpaired) electrons. The molecule has 2 rings (SSSR count). The van der Waals surface area contributed by atoms with E-state index in [4.69, 9.17) is 22.1 Å². The average Bonchev–Trinajstić information content (AvgIpc) is 2.33. The molecular weight excluding hydrogens is 321 g/mol. The molecule has 0 unspecified atom stereocenters. The molecule has 0 heterocycles. The summed E-state index contributed by atoms with van der Waals surface area (Å²) >= 11 is 9.06. The van der Waals surface area contributed by atoms with Crippen molar-refractivity contribution in [2.24, 2.45) is 5.73 Å². The van der Waals surface area contributed by atoms with E-state index in [1.807, 2.05) is 12.1 Å². The van der Waals surface area contributed by atoms with Crippen LogP contribution in [0.3, 0.4) is 0 Å². The van der Waals surface area contributed by atoms with Gasteiger partial charge in [0.25, 0.3) is 0 Å². The molecule has 0 saturated carbocycles. The van der Waals surface area contributed by atoms with Gasteiger partial charge in [-0.3, -0.25) is 0 Å². The van der Waals surface area contributed by atoms with Crippen molar-refractivity contribution in [3.8, 4) is 11.5 Å². The summed E-state index contributed by atoms with van der Waals surface area (Å²) in [6.07, 6.45) is 0. The molecule has 0 fully saturated rings. The Morgan fingerprint density at radius 2 is 1.94 bits per heavy atom. The van der Waals surface area contributed by atoms with E-state index in [2.05, 4.69) is 15.9 Å². The number of rotatable bonds is 3. The van der Waals surface area contributed by atoms with Crippen molar-refractivity contribution in [2.45, 2.75) is 6.54 Å². The Labute approximate surface area is 118 Å². The summed E-state index contributed by atoms with van der Waals surface area (Å²) in [4.78, 5) is 0. The van der Waals surface area contributed by atoms with Crippen LogP contribution in [0.15, 0.2) is 40.9 Å². The lowest BCUT2D eigenvalue weighted by atomic mass is 10.2. The Balaban J connectivity index is 2.27. The highest BCUT2D eigenvalue weighted by atomic mass is 79.9. The Bertz CT molecular complexity index is 577. The van der Waals surface area contributed by atoms with Crippen LogP contribution in [0.4, 0.5) is 4.39 Å². The molecule has 2 aromatic rings. The van der Waals surface area contributed by atoms with E-state index in [1.165, 1.54) is 18.2 Å². The summed E-state index contributed by atoms with van der Waals surface area (Å²) in [6.45, 7) is 0.417. The van der Waals surface area contributed by atoms with Crippen LogP contribution in [-0.4, -0.2) is 0 Å². The Morgan fingerprint density at radius 3 is 2.61 bits per heavy atom. The SMILES string of the molecule is NCc1cc(Br)cc(Oc2ccc(F)c(Cl)c2)c1. The maximum absolute atomic E-state index is 13.0. The molecule has 2 nitrogen and oxygen atoms in total. The summed E-state index contributed by atoms with van der Waals surface area (Å²) in [5, 5.41) is 0.0292. The number of hydrogen-bond acceptors (Lipinski definition) is 2. The summed E-state index contributed by atoms with van der Waals surface area (Å²) in [5.74, 6) is 0.621. The van der Waals surface area contributed by atoms with Crippen molar-refractivity contribution < 1.29 is 9.13 Å². The van der Waals surface area contributed by atoms with Crippen molar-refractivity contribution in [1.82, 2.24) is 0 Å². The summed E-state index contributed by atoms with van der Waals surface area (Å²) < 4.78 is 19.5. The molecule has 0 aliphatic rings. The van der Waals surface area contributed by atoms with Crippen LogP contribution in [0.2, 0.25) is 5.02 Å². The van der Waals surface area contributed by atoms with Gasteiger partial charge in [0.15, 0.2) is 0 Å². The van der Waals surface area contributed by atoms with Crippen LogP contribution in [-0.2, 0) is 6.54 Å². The molecule has 0 aromatic heterocycles. The zero-order chi connectivity index (χ0) is 13.1. The molecule has 0 saturated heterocycles. The minimum Gasteiger partial charge on any atom is -0.457 e. The third kappa shape index (κ3) is 3.22. The van der Waals surface area contributed by atoms with Crippen molar-refractivity contribution in [1.29, 1.82) is 0 Å². The van der Waals surface area contributed by atoms with E-state index in [0.717, 1.165) is 10.0 Å². The van der Waals surface area contributed by atoms with Gasteiger partial charge in [-0.2, -0.15) is 0 Å². The van der Waals surface area contributed by atoms with Gasteiger partial charge in [-0.25, -0.2) is 4.39 Å². The quantitative estimate of drug-likeness (QED) is 0.899. The molecule has 0 aliphatic heterocycles. The topological polar surface area (TPSA) is 35.2 Å². The summed E-state index contributed by atoms with van der Waals surface area (Å²) in [6, 6.07) is 9.74. The second-order valence-electron chi connectivity index (χ2n) is 3.68. The summed E-state index contributed by atoms with van der Waals surface area (Å²) in [7, 11) is 0. The minimum atomic E-state index is -0.471. The molecule has 94 valence electrons. The van der Waals surface area contributed by atoms with E-state index in [1.54, 1.807) is 6.07 Å². The fourth-order valence-corrected chi connectivity index (χ4v) is 2.16. The Hall–Kier alpha value is -1.10. The van der Waals surface area contributed by atoms with Gasteiger partial charge >= 0.3 is 0 Å². The van der Waals surface area contributed by atoms with Gasteiger partial charge in [0.1, 0.15) is 17.3 Å². The van der Waals surface area contributed by atoms with Crippen LogP contribution in [0.25, 0.3) is 0 Å². The van der Waals surface area contributed by atoms with Crippen LogP contribution in [0, 0.1) is 5.82 Å². The summed E-state index contributed by atoms with van der Waals surface area (Å²) in [5.41, 5.74) is 6.52. The minimum absolute atomic E-state index is 0.0292. The normalized spacial score (nSPS) is 10.4. The Kier molecular flexibility index (Phi) is 4.22. The van der Waals surface area contributed by atoms with Crippen LogP contribution >= 0.6 is 27.5 Å². The van der Waals surface area contributed by atoms with Gasteiger partial charge in [-0.15, -0.1) is 0 Å². The van der Waals surface area contributed by atoms with Crippen molar-refractivity contribution >= 4 is 27.5 Å². The molecule has 0 spiro atoms. The molecule has 2 aromatic carbocycles. The van der Waals surface area contributed by atoms with Crippen molar-refractivity contribution in [2.75, 3.05) is 0 Å². The third-order valence-electron chi connectivity index (χ3n) is 2.29. The number of ether oxygens (including phenoxy) is 1. The lowest BCUT2D eigenvalue weighted by Crippen LogP contribution is -1.96. The van der Waals surface area contributed by atoms with Crippen molar-refractivity contribution in [3.63, 3.8) is 0 Å². The zero-order valence-electron chi connectivity index (χ0n) is 9.29. The Morgan fingerprint density at radius 1 is 1.17 bits per heavy atom. The lowest BCUT2D eigenvalue weighted by Gasteiger charge is -2.08. The van der Waals surface area contributed by atoms with Crippen molar-refractivity contribution in [3.05, 3.63) is 57.3 Å². The zero-order valence-corrected chi connectivity index (χ0v) is 11.6. The van der Waals surface area contributed by atoms with E-state index < -0.39 is 5.82 Å². The molecule has 0 aliphatic carbocycles. The van der Waals surface area contributed by atoms with E-state index in [9.17, 15) is 4.39 Å². The maximum atomic E-state index is 13.0. The first-order chi connectivity index (χ1) is 8.58. The molecule has 5 heteroatoms. The smallest absolute Gasteiger partial charge is 0.142 e. The largest absolute Gasteiger partial charge is 0.457 e. The second kappa shape index (κ2) is 5.69. The van der Waals surface area contributed by atoms with E-state index in [-0.39, 0.29) is 5.02 Å². The van der Waals surface area contributed by atoms with E-state index >= 15 is 0 Å². The number of benzene rings is 2. The molecular formula is C13H10BrClFNO. The standard InChI is InChI=1S/C13H10BrClFNO/c14-9-3-8(7-17)4-11(5-9)18-10-1-2-13(16)12(15)6-10/h1-6H,7,17H2. The first kappa shape index (κ1) is 13.3. The highest BCUT2D eigenvalue weighted by molar-refractivity contribution is 9.10. The fourth-order valence-electron chi connectivity index (χ4n) is 1.47. The third-order valence-corrected chi connectivity index (χ3v) is 3.04. The monoisotopic (exact) mass is 329 g/mol. The van der Waals surface area contributed by atoms with Crippen LogP contribution in [0.1, 0.15) is 5.56 Å². The van der Waals surface area contributed by atoms with Gasteiger partial charge in [0.05, 0.1) is 5.02 Å². The first-order valence-corrected chi connectivity index (χ1v) is 6.38. The highest BCUT2D eigenvalue weighted by Gasteiger charge is 2.04. The number of nitrogens with two attached hydrogens (primary N) is 1. The second-order valence-corrected chi connectivity index (χ2v) is 5.00. The maximum Gasteiger partial charge on any atom is 0.142 e. The fraction of sp³-hybridized carbons (Fsp3) is 0.0769. The van der Waals surface area contributed by atoms with Crippen LogP contribution in [0.5, 0.6) is 11.5 Å².